The van der Waals surface area contributed by atoms with Crippen LogP contribution in [0.15, 0.2) is 24.9 Å². The van der Waals surface area contributed by atoms with Crippen LogP contribution in [0.1, 0.15) is 18.7 Å². The second-order valence-corrected chi connectivity index (χ2v) is 2.80. The van der Waals surface area contributed by atoms with Crippen molar-refractivity contribution in [2.45, 2.75) is 13.0 Å². The molecule has 0 saturated carbocycles. The van der Waals surface area contributed by atoms with Gasteiger partial charge in [0.05, 0.1) is 5.69 Å². The summed E-state index contributed by atoms with van der Waals surface area (Å²) in [5, 5.41) is 7.39. The lowest BCUT2D eigenvalue weighted by molar-refractivity contribution is 0.558. The van der Waals surface area contributed by atoms with Crippen LogP contribution >= 0.6 is 0 Å². The van der Waals surface area contributed by atoms with E-state index in [1.54, 1.807) is 6.20 Å². The number of rotatable bonds is 4. The first-order valence-electron chi connectivity index (χ1n) is 4.08. The van der Waals surface area contributed by atoms with Crippen molar-refractivity contribution in [2.75, 3.05) is 6.54 Å². The molecule has 0 bridgehead atoms. The van der Waals surface area contributed by atoms with E-state index in [1.165, 1.54) is 5.69 Å². The summed E-state index contributed by atoms with van der Waals surface area (Å²) in [5.74, 6) is 0. The van der Waals surface area contributed by atoms with Crippen LogP contribution in [0.5, 0.6) is 0 Å². The van der Waals surface area contributed by atoms with E-state index in [4.69, 9.17) is 0 Å². The molecule has 0 aromatic carbocycles. The van der Waals surface area contributed by atoms with E-state index in [2.05, 4.69) is 23.9 Å². The SMILES string of the molecule is C=CCNC(C)c1ccnn1C. The molecule has 0 amide bonds. The molecule has 0 spiro atoms. The van der Waals surface area contributed by atoms with E-state index in [0.29, 0.717) is 6.04 Å². The van der Waals surface area contributed by atoms with Gasteiger partial charge in [-0.25, -0.2) is 0 Å². The maximum atomic E-state index is 4.10. The number of hydrogen-bond acceptors (Lipinski definition) is 2. The lowest BCUT2D eigenvalue weighted by atomic mass is 10.2. The van der Waals surface area contributed by atoms with Gasteiger partial charge in [0.15, 0.2) is 0 Å². The first-order valence-corrected chi connectivity index (χ1v) is 4.08. The fourth-order valence-corrected chi connectivity index (χ4v) is 1.17. The lowest BCUT2D eigenvalue weighted by Gasteiger charge is -2.11. The van der Waals surface area contributed by atoms with E-state index in [1.807, 2.05) is 23.9 Å². The largest absolute Gasteiger partial charge is 0.305 e. The average Bonchev–Trinajstić information content (AvgIpc) is 2.47. The van der Waals surface area contributed by atoms with Crippen molar-refractivity contribution in [1.29, 1.82) is 0 Å². The van der Waals surface area contributed by atoms with Crippen molar-refractivity contribution in [3.8, 4) is 0 Å². The van der Waals surface area contributed by atoms with Gasteiger partial charge in [0.25, 0.3) is 0 Å². The maximum Gasteiger partial charge on any atom is 0.0547 e. The Labute approximate surface area is 73.1 Å². The van der Waals surface area contributed by atoms with Gasteiger partial charge in [0, 0.05) is 25.8 Å². The summed E-state index contributed by atoms with van der Waals surface area (Å²) in [6.07, 6.45) is 3.66. The van der Waals surface area contributed by atoms with Crippen LogP contribution in [0.3, 0.4) is 0 Å². The molecule has 0 saturated heterocycles. The molecule has 0 aliphatic rings. The molecule has 1 heterocycles. The van der Waals surface area contributed by atoms with Crippen molar-refractivity contribution >= 4 is 0 Å². The molecule has 0 radical (unpaired) electrons. The Kier molecular flexibility index (Phi) is 3.05. The molecule has 1 N–H and O–H groups in total. The summed E-state index contributed by atoms with van der Waals surface area (Å²) in [5.41, 5.74) is 1.19. The van der Waals surface area contributed by atoms with Crippen LogP contribution in [-0.2, 0) is 7.05 Å². The summed E-state index contributed by atoms with van der Waals surface area (Å²) >= 11 is 0. The Balaban J connectivity index is 2.58. The predicted octanol–water partition coefficient (Wildman–Crippen LogP) is 1.26. The Morgan fingerprint density at radius 2 is 2.58 bits per heavy atom. The Morgan fingerprint density at radius 1 is 1.83 bits per heavy atom. The molecule has 12 heavy (non-hydrogen) atoms. The normalized spacial score (nSPS) is 12.8. The standard InChI is InChI=1S/C9H15N3/c1-4-6-10-8(2)9-5-7-11-12(9)3/h4-5,7-8,10H,1,6H2,2-3H3. The average molecular weight is 165 g/mol. The van der Waals surface area contributed by atoms with E-state index in [0.717, 1.165) is 6.54 Å². The van der Waals surface area contributed by atoms with Gasteiger partial charge in [-0.1, -0.05) is 6.08 Å². The van der Waals surface area contributed by atoms with Crippen molar-refractivity contribution < 1.29 is 0 Å². The van der Waals surface area contributed by atoms with Crippen molar-refractivity contribution in [2.24, 2.45) is 7.05 Å². The summed E-state index contributed by atoms with van der Waals surface area (Å²) in [6.45, 7) is 6.59. The number of nitrogens with zero attached hydrogens (tertiary/aromatic N) is 2. The van der Waals surface area contributed by atoms with Gasteiger partial charge in [-0.2, -0.15) is 5.10 Å². The smallest absolute Gasteiger partial charge is 0.0547 e. The molecular weight excluding hydrogens is 150 g/mol. The molecule has 1 rings (SSSR count). The molecule has 0 aliphatic heterocycles. The number of hydrogen-bond donors (Lipinski definition) is 1. The fourth-order valence-electron chi connectivity index (χ4n) is 1.17. The van der Waals surface area contributed by atoms with Crippen LogP contribution in [0.4, 0.5) is 0 Å². The highest BCUT2D eigenvalue weighted by Gasteiger charge is 2.06. The molecule has 3 heteroatoms. The molecule has 1 aromatic rings. The van der Waals surface area contributed by atoms with Gasteiger partial charge >= 0.3 is 0 Å². The molecule has 3 nitrogen and oxygen atoms in total. The van der Waals surface area contributed by atoms with Gasteiger partial charge < -0.3 is 5.32 Å². The zero-order valence-corrected chi connectivity index (χ0v) is 7.62. The van der Waals surface area contributed by atoms with E-state index < -0.39 is 0 Å². The first-order chi connectivity index (χ1) is 5.75. The first kappa shape index (κ1) is 9.00. The van der Waals surface area contributed by atoms with Crippen LogP contribution in [-0.4, -0.2) is 16.3 Å². The second kappa shape index (κ2) is 4.07. The lowest BCUT2D eigenvalue weighted by Crippen LogP contribution is -2.20. The molecule has 1 atom stereocenters. The topological polar surface area (TPSA) is 29.9 Å². The predicted molar refractivity (Wildman–Crippen MR) is 49.8 cm³/mol. The van der Waals surface area contributed by atoms with Gasteiger partial charge in [0.1, 0.15) is 0 Å². The molecule has 1 unspecified atom stereocenters. The highest BCUT2D eigenvalue weighted by atomic mass is 15.3. The van der Waals surface area contributed by atoms with Crippen molar-refractivity contribution in [3.05, 3.63) is 30.6 Å². The summed E-state index contributed by atoms with van der Waals surface area (Å²) in [6, 6.07) is 2.34. The second-order valence-electron chi connectivity index (χ2n) is 2.80. The molecule has 66 valence electrons. The highest BCUT2D eigenvalue weighted by Crippen LogP contribution is 2.08. The monoisotopic (exact) mass is 165 g/mol. The van der Waals surface area contributed by atoms with Crippen molar-refractivity contribution in [1.82, 2.24) is 15.1 Å². The maximum absolute atomic E-state index is 4.10. The third kappa shape index (κ3) is 1.95. The minimum Gasteiger partial charge on any atom is -0.305 e. The van der Waals surface area contributed by atoms with E-state index in [-0.39, 0.29) is 0 Å². The zero-order valence-electron chi connectivity index (χ0n) is 7.62. The van der Waals surface area contributed by atoms with Gasteiger partial charge in [-0.15, -0.1) is 6.58 Å². The Hall–Kier alpha value is -1.09. The van der Waals surface area contributed by atoms with Crippen molar-refractivity contribution in [3.63, 3.8) is 0 Å². The van der Waals surface area contributed by atoms with Gasteiger partial charge in [0.2, 0.25) is 0 Å². The van der Waals surface area contributed by atoms with Gasteiger partial charge in [-0.3, -0.25) is 4.68 Å². The third-order valence-corrected chi connectivity index (χ3v) is 1.87. The molecule has 0 fully saturated rings. The molecule has 0 aliphatic carbocycles. The number of aryl methyl sites for hydroxylation is 1. The molecular formula is C9H15N3. The highest BCUT2D eigenvalue weighted by molar-refractivity contribution is 5.05. The van der Waals surface area contributed by atoms with E-state index in [9.17, 15) is 0 Å². The summed E-state index contributed by atoms with van der Waals surface area (Å²) < 4.78 is 1.88. The Morgan fingerprint density at radius 3 is 3.08 bits per heavy atom. The molecule has 1 aromatic heterocycles. The third-order valence-electron chi connectivity index (χ3n) is 1.87. The fraction of sp³-hybridized carbons (Fsp3) is 0.444. The number of nitrogens with one attached hydrogen (secondary N) is 1. The van der Waals surface area contributed by atoms with Crippen LogP contribution in [0, 0.1) is 0 Å². The van der Waals surface area contributed by atoms with Crippen LogP contribution in [0.2, 0.25) is 0 Å². The minimum atomic E-state index is 0.329. The minimum absolute atomic E-state index is 0.329. The van der Waals surface area contributed by atoms with Crippen LogP contribution < -0.4 is 5.32 Å². The Bertz CT molecular complexity index is 252. The van der Waals surface area contributed by atoms with Crippen LogP contribution in [0.25, 0.3) is 0 Å². The summed E-state index contributed by atoms with van der Waals surface area (Å²) in [4.78, 5) is 0. The zero-order chi connectivity index (χ0) is 8.97. The quantitative estimate of drug-likeness (QED) is 0.681. The number of aromatic nitrogens is 2. The van der Waals surface area contributed by atoms with Gasteiger partial charge in [-0.05, 0) is 13.0 Å². The van der Waals surface area contributed by atoms with E-state index >= 15 is 0 Å². The summed E-state index contributed by atoms with van der Waals surface area (Å²) in [7, 11) is 1.95.